The van der Waals surface area contributed by atoms with Gasteiger partial charge in [-0.1, -0.05) is 48.5 Å². The molecule has 1 aromatic heterocycles. The molecule has 0 spiro atoms. The average molecular weight is 500 g/mol. The van der Waals surface area contributed by atoms with E-state index in [0.717, 1.165) is 38.7 Å². The van der Waals surface area contributed by atoms with Gasteiger partial charge in [0.15, 0.2) is 0 Å². The molecule has 3 amide bonds. The molecular formula is C28H22FN3O3S. The van der Waals surface area contributed by atoms with Gasteiger partial charge in [0.05, 0.1) is 11.4 Å². The fourth-order valence-corrected chi connectivity index (χ4v) is 5.00. The molecule has 4 aromatic rings. The summed E-state index contributed by atoms with van der Waals surface area (Å²) in [4.78, 5) is 39.3. The summed E-state index contributed by atoms with van der Waals surface area (Å²) in [6.07, 6.45) is 3.50. The molecule has 1 fully saturated rings. The van der Waals surface area contributed by atoms with E-state index < -0.39 is 17.1 Å². The third-order valence-corrected chi connectivity index (χ3v) is 6.79. The first-order chi connectivity index (χ1) is 17.4. The molecule has 0 bridgehead atoms. The summed E-state index contributed by atoms with van der Waals surface area (Å²) in [6.45, 7) is 1.86. The largest absolute Gasteiger partial charge is 0.342 e. The molecule has 1 N–H and O–H groups in total. The van der Waals surface area contributed by atoms with E-state index >= 15 is 0 Å². The Hall–Kier alpha value is -4.17. The number of rotatable bonds is 6. The molecule has 180 valence electrons. The number of thioether (sulfide) groups is 1. The van der Waals surface area contributed by atoms with Crippen molar-refractivity contribution in [1.82, 2.24) is 9.47 Å². The van der Waals surface area contributed by atoms with Gasteiger partial charge in [-0.05, 0) is 54.6 Å². The molecular weight excluding hydrogens is 477 g/mol. The number of aromatic nitrogens is 1. The zero-order chi connectivity index (χ0) is 25.2. The quantitative estimate of drug-likeness (QED) is 0.340. The molecule has 36 heavy (non-hydrogen) atoms. The van der Waals surface area contributed by atoms with Crippen LogP contribution in [0, 0.1) is 12.7 Å². The first-order valence-electron chi connectivity index (χ1n) is 11.3. The van der Waals surface area contributed by atoms with Crippen LogP contribution in [0.5, 0.6) is 0 Å². The number of imide groups is 1. The molecule has 0 aliphatic carbocycles. The molecule has 1 aliphatic rings. The van der Waals surface area contributed by atoms with E-state index in [4.69, 9.17) is 0 Å². The fourth-order valence-electron chi connectivity index (χ4n) is 4.18. The summed E-state index contributed by atoms with van der Waals surface area (Å²) in [5.41, 5.74) is 3.74. The van der Waals surface area contributed by atoms with Crippen LogP contribution in [0.15, 0.2) is 83.9 Å². The topological polar surface area (TPSA) is 71.4 Å². The van der Waals surface area contributed by atoms with Gasteiger partial charge in [0.2, 0.25) is 5.91 Å². The van der Waals surface area contributed by atoms with Crippen LogP contribution < -0.4 is 5.32 Å². The summed E-state index contributed by atoms with van der Waals surface area (Å²) < 4.78 is 16.2. The molecule has 0 unspecified atom stereocenters. The standard InChI is InChI=1S/C28H22FN3O3S/c1-18-7-6-9-21(13-18)30-26(33)17-32-27(34)25(36-28(32)35)14-20-16-31(24-12-5-3-10-22(20)24)15-19-8-2-4-11-23(19)29/h2-14,16H,15,17H2,1H3,(H,30,33)/b25-14-. The van der Waals surface area contributed by atoms with Crippen LogP contribution in [0.1, 0.15) is 16.7 Å². The number of carbonyl (C=O) groups is 3. The number of aryl methyl sites for hydroxylation is 1. The van der Waals surface area contributed by atoms with E-state index in [9.17, 15) is 18.8 Å². The Balaban J connectivity index is 1.38. The third-order valence-electron chi connectivity index (χ3n) is 5.88. The smallest absolute Gasteiger partial charge is 0.294 e. The van der Waals surface area contributed by atoms with Crippen LogP contribution >= 0.6 is 11.8 Å². The molecule has 0 saturated carbocycles. The Kier molecular flexibility index (Phi) is 6.43. The number of nitrogens with one attached hydrogen (secondary N) is 1. The SMILES string of the molecule is Cc1cccc(NC(=O)CN2C(=O)S/C(=C\c3cn(Cc4ccccc4F)c4ccccc34)C2=O)c1. The monoisotopic (exact) mass is 499 g/mol. The van der Waals surface area contributed by atoms with Gasteiger partial charge in [-0.2, -0.15) is 0 Å². The maximum absolute atomic E-state index is 14.3. The van der Waals surface area contributed by atoms with E-state index in [0.29, 0.717) is 17.8 Å². The zero-order valence-electron chi connectivity index (χ0n) is 19.4. The lowest BCUT2D eigenvalue weighted by Crippen LogP contribution is -2.36. The van der Waals surface area contributed by atoms with Gasteiger partial charge in [-0.3, -0.25) is 19.3 Å². The Morgan fingerprint density at radius 1 is 1.03 bits per heavy atom. The van der Waals surface area contributed by atoms with Crippen molar-refractivity contribution in [3.05, 3.63) is 106 Å². The van der Waals surface area contributed by atoms with Crippen molar-refractivity contribution < 1.29 is 18.8 Å². The summed E-state index contributed by atoms with van der Waals surface area (Å²) in [7, 11) is 0. The van der Waals surface area contributed by atoms with E-state index in [2.05, 4.69) is 5.32 Å². The number of para-hydroxylation sites is 1. The number of fused-ring (bicyclic) bond motifs is 1. The van der Waals surface area contributed by atoms with Crippen LogP contribution in [-0.4, -0.2) is 33.1 Å². The minimum atomic E-state index is -0.518. The molecule has 1 saturated heterocycles. The van der Waals surface area contributed by atoms with Crippen LogP contribution in [0.3, 0.4) is 0 Å². The van der Waals surface area contributed by atoms with Crippen molar-refractivity contribution in [2.24, 2.45) is 0 Å². The van der Waals surface area contributed by atoms with Gasteiger partial charge in [0.25, 0.3) is 11.1 Å². The van der Waals surface area contributed by atoms with Crippen molar-refractivity contribution in [2.75, 3.05) is 11.9 Å². The maximum atomic E-state index is 14.3. The lowest BCUT2D eigenvalue weighted by Gasteiger charge is -2.12. The molecule has 3 aromatic carbocycles. The fraction of sp³-hybridized carbons (Fsp3) is 0.107. The van der Waals surface area contributed by atoms with Crippen molar-refractivity contribution in [1.29, 1.82) is 0 Å². The lowest BCUT2D eigenvalue weighted by molar-refractivity contribution is -0.127. The number of hydrogen-bond donors (Lipinski definition) is 1. The highest BCUT2D eigenvalue weighted by molar-refractivity contribution is 8.18. The van der Waals surface area contributed by atoms with Crippen molar-refractivity contribution in [3.8, 4) is 0 Å². The number of halogens is 1. The Labute approximate surface area is 211 Å². The Morgan fingerprint density at radius 2 is 1.81 bits per heavy atom. The average Bonchev–Trinajstić information content (AvgIpc) is 3.32. The molecule has 8 heteroatoms. The van der Waals surface area contributed by atoms with E-state index in [1.165, 1.54) is 6.07 Å². The van der Waals surface area contributed by atoms with Crippen molar-refractivity contribution in [3.63, 3.8) is 0 Å². The Morgan fingerprint density at radius 3 is 2.61 bits per heavy atom. The zero-order valence-corrected chi connectivity index (χ0v) is 20.2. The van der Waals surface area contributed by atoms with E-state index in [1.807, 2.05) is 60.2 Å². The van der Waals surface area contributed by atoms with Gasteiger partial charge in [-0.25, -0.2) is 4.39 Å². The second-order valence-electron chi connectivity index (χ2n) is 8.51. The van der Waals surface area contributed by atoms with Crippen LogP contribution in [0.4, 0.5) is 14.9 Å². The third kappa shape index (κ3) is 4.81. The summed E-state index contributed by atoms with van der Waals surface area (Å²) in [6, 6.07) is 21.5. The highest BCUT2D eigenvalue weighted by Crippen LogP contribution is 2.34. The predicted octanol–water partition coefficient (Wildman–Crippen LogP) is 5.81. The summed E-state index contributed by atoms with van der Waals surface area (Å²) >= 11 is 0.801. The first-order valence-corrected chi connectivity index (χ1v) is 12.1. The molecule has 0 radical (unpaired) electrons. The highest BCUT2D eigenvalue weighted by Gasteiger charge is 2.36. The van der Waals surface area contributed by atoms with Gasteiger partial charge in [-0.15, -0.1) is 0 Å². The number of anilines is 1. The maximum Gasteiger partial charge on any atom is 0.294 e. The molecule has 0 atom stereocenters. The Bertz CT molecular complexity index is 1540. The second-order valence-corrected chi connectivity index (χ2v) is 9.50. The first kappa shape index (κ1) is 23.6. The highest BCUT2D eigenvalue weighted by atomic mass is 32.2. The van der Waals surface area contributed by atoms with Crippen LogP contribution in [0.2, 0.25) is 0 Å². The number of carbonyl (C=O) groups excluding carboxylic acids is 3. The van der Waals surface area contributed by atoms with Crippen molar-refractivity contribution in [2.45, 2.75) is 13.5 Å². The molecule has 5 rings (SSSR count). The number of benzene rings is 3. The number of nitrogens with zero attached hydrogens (tertiary/aromatic N) is 2. The minimum Gasteiger partial charge on any atom is -0.342 e. The minimum absolute atomic E-state index is 0.233. The molecule has 6 nitrogen and oxygen atoms in total. The van der Waals surface area contributed by atoms with E-state index in [1.54, 1.807) is 30.3 Å². The van der Waals surface area contributed by atoms with E-state index in [-0.39, 0.29) is 17.3 Å². The molecule has 2 heterocycles. The van der Waals surface area contributed by atoms with Gasteiger partial charge < -0.3 is 9.88 Å². The number of hydrogen-bond acceptors (Lipinski definition) is 4. The summed E-state index contributed by atoms with van der Waals surface area (Å²) in [5.74, 6) is -1.26. The van der Waals surface area contributed by atoms with Gasteiger partial charge in [0, 0.05) is 33.9 Å². The van der Waals surface area contributed by atoms with Gasteiger partial charge >= 0.3 is 0 Å². The lowest BCUT2D eigenvalue weighted by atomic mass is 10.1. The number of amides is 3. The molecule has 1 aliphatic heterocycles. The van der Waals surface area contributed by atoms with Crippen LogP contribution in [0.25, 0.3) is 17.0 Å². The predicted molar refractivity (Wildman–Crippen MR) is 140 cm³/mol. The second kappa shape index (κ2) is 9.83. The van der Waals surface area contributed by atoms with Crippen molar-refractivity contribution >= 4 is 51.5 Å². The van der Waals surface area contributed by atoms with Crippen LogP contribution in [-0.2, 0) is 16.1 Å². The normalized spacial score (nSPS) is 14.7. The van der Waals surface area contributed by atoms with Gasteiger partial charge in [0.1, 0.15) is 12.4 Å². The summed E-state index contributed by atoms with van der Waals surface area (Å²) in [5, 5.41) is 3.10.